The molecule has 0 bridgehead atoms. The third-order valence-electron chi connectivity index (χ3n) is 5.10. The first-order valence-electron chi connectivity index (χ1n) is 8.39. The molecule has 2 aliphatic rings. The SMILES string of the molecule is C#CC(C)(CC)N1C=C(F)C=C([C@@H]2CCCN2C)C1NCC(F)F. The van der Waals surface area contributed by atoms with Crippen LogP contribution in [0.5, 0.6) is 0 Å². The first-order valence-corrected chi connectivity index (χ1v) is 8.39. The average Bonchev–Trinajstić information content (AvgIpc) is 2.97. The third-order valence-corrected chi connectivity index (χ3v) is 5.10. The molecule has 0 aromatic carbocycles. The fourth-order valence-electron chi connectivity index (χ4n) is 3.46. The second kappa shape index (κ2) is 7.62. The molecule has 0 aromatic rings. The summed E-state index contributed by atoms with van der Waals surface area (Å²) >= 11 is 0. The Morgan fingerprint density at radius 2 is 2.21 bits per heavy atom. The monoisotopic (exact) mass is 341 g/mol. The summed E-state index contributed by atoms with van der Waals surface area (Å²) in [6, 6.07) is 0.0287. The minimum Gasteiger partial charge on any atom is -0.339 e. The van der Waals surface area contributed by atoms with Gasteiger partial charge < -0.3 is 4.90 Å². The van der Waals surface area contributed by atoms with Gasteiger partial charge in [-0.15, -0.1) is 6.42 Å². The molecule has 0 amide bonds. The van der Waals surface area contributed by atoms with Gasteiger partial charge in [0.25, 0.3) is 6.43 Å². The van der Waals surface area contributed by atoms with Crippen molar-refractivity contribution in [1.29, 1.82) is 0 Å². The van der Waals surface area contributed by atoms with E-state index in [9.17, 15) is 13.2 Å². The largest absolute Gasteiger partial charge is 0.339 e. The summed E-state index contributed by atoms with van der Waals surface area (Å²) < 4.78 is 39.9. The molecule has 1 N–H and O–H groups in total. The van der Waals surface area contributed by atoms with Crippen molar-refractivity contribution in [2.75, 3.05) is 20.1 Å². The lowest BCUT2D eigenvalue weighted by atomic mass is 9.91. The van der Waals surface area contributed by atoms with Crippen LogP contribution in [-0.4, -0.2) is 54.1 Å². The van der Waals surface area contributed by atoms with E-state index in [1.165, 1.54) is 12.3 Å². The van der Waals surface area contributed by atoms with Gasteiger partial charge in [-0.25, -0.2) is 13.2 Å². The maximum Gasteiger partial charge on any atom is 0.250 e. The topological polar surface area (TPSA) is 18.5 Å². The number of likely N-dealkylation sites (tertiary alicyclic amines) is 1. The number of hydrogen-bond donors (Lipinski definition) is 1. The Labute approximate surface area is 142 Å². The second-order valence-corrected chi connectivity index (χ2v) is 6.68. The van der Waals surface area contributed by atoms with Crippen molar-refractivity contribution in [3.05, 3.63) is 23.7 Å². The Hall–Kier alpha value is -1.45. The summed E-state index contributed by atoms with van der Waals surface area (Å²) in [4.78, 5) is 3.82. The van der Waals surface area contributed by atoms with Crippen molar-refractivity contribution in [2.45, 2.75) is 57.3 Å². The number of rotatable bonds is 6. The van der Waals surface area contributed by atoms with E-state index in [1.54, 1.807) is 4.90 Å². The molecule has 0 saturated carbocycles. The van der Waals surface area contributed by atoms with Crippen LogP contribution < -0.4 is 5.32 Å². The second-order valence-electron chi connectivity index (χ2n) is 6.68. The maximum atomic E-state index is 14.3. The van der Waals surface area contributed by atoms with E-state index in [0.29, 0.717) is 6.42 Å². The fourth-order valence-corrected chi connectivity index (χ4v) is 3.46. The molecule has 2 unspecified atom stereocenters. The van der Waals surface area contributed by atoms with Gasteiger partial charge in [0, 0.05) is 12.2 Å². The first-order chi connectivity index (χ1) is 11.3. The highest BCUT2D eigenvalue weighted by atomic mass is 19.3. The highest BCUT2D eigenvalue weighted by molar-refractivity contribution is 5.34. The van der Waals surface area contributed by atoms with Crippen molar-refractivity contribution >= 4 is 0 Å². The summed E-state index contributed by atoms with van der Waals surface area (Å²) in [6.07, 6.45) is 7.95. The van der Waals surface area contributed by atoms with Crippen LogP contribution in [0.2, 0.25) is 0 Å². The number of likely N-dealkylation sites (N-methyl/N-ethyl adjacent to an activating group) is 1. The highest BCUT2D eigenvalue weighted by Crippen LogP contribution is 2.34. The van der Waals surface area contributed by atoms with Crippen LogP contribution in [-0.2, 0) is 0 Å². The van der Waals surface area contributed by atoms with Gasteiger partial charge in [-0.1, -0.05) is 12.8 Å². The van der Waals surface area contributed by atoms with Crippen molar-refractivity contribution in [1.82, 2.24) is 15.1 Å². The van der Waals surface area contributed by atoms with Crippen molar-refractivity contribution in [3.63, 3.8) is 0 Å². The van der Waals surface area contributed by atoms with Crippen LogP contribution in [0.25, 0.3) is 0 Å². The molecule has 2 rings (SSSR count). The van der Waals surface area contributed by atoms with Gasteiger partial charge >= 0.3 is 0 Å². The lowest BCUT2D eigenvalue weighted by Crippen LogP contribution is -2.58. The predicted molar refractivity (Wildman–Crippen MR) is 90.1 cm³/mol. The lowest BCUT2D eigenvalue weighted by Gasteiger charge is -2.46. The molecular weight excluding hydrogens is 315 g/mol. The number of hydrogen-bond acceptors (Lipinski definition) is 3. The van der Waals surface area contributed by atoms with Gasteiger partial charge in [0.1, 0.15) is 12.0 Å². The smallest absolute Gasteiger partial charge is 0.250 e. The van der Waals surface area contributed by atoms with E-state index < -0.39 is 30.5 Å². The number of halogens is 3. The summed E-state index contributed by atoms with van der Waals surface area (Å²) in [5.41, 5.74) is 0.0129. The molecule has 3 atom stereocenters. The van der Waals surface area contributed by atoms with Crippen LogP contribution in [0.4, 0.5) is 13.2 Å². The fraction of sp³-hybridized carbons (Fsp3) is 0.667. The molecule has 3 nitrogen and oxygen atoms in total. The zero-order chi connectivity index (χ0) is 17.9. The summed E-state index contributed by atoms with van der Waals surface area (Å²) in [5, 5.41) is 2.89. The Balaban J connectivity index is 2.39. The number of alkyl halides is 2. The minimum absolute atomic E-state index is 0.0287. The maximum absolute atomic E-state index is 14.3. The molecule has 6 heteroatoms. The number of allylic oxidation sites excluding steroid dienone is 2. The van der Waals surface area contributed by atoms with Crippen LogP contribution >= 0.6 is 0 Å². The molecule has 0 aliphatic carbocycles. The van der Waals surface area contributed by atoms with Gasteiger partial charge in [0.05, 0.1) is 12.1 Å². The minimum atomic E-state index is -2.48. The van der Waals surface area contributed by atoms with E-state index in [4.69, 9.17) is 6.42 Å². The quantitative estimate of drug-likeness (QED) is 0.749. The lowest BCUT2D eigenvalue weighted by molar-refractivity contribution is 0.0980. The number of nitrogens with one attached hydrogen (secondary N) is 1. The highest BCUT2D eigenvalue weighted by Gasteiger charge is 2.40. The van der Waals surface area contributed by atoms with Crippen LogP contribution in [0, 0.1) is 12.3 Å². The molecular formula is C18H26F3N3. The zero-order valence-electron chi connectivity index (χ0n) is 14.5. The van der Waals surface area contributed by atoms with Crippen LogP contribution in [0.1, 0.15) is 33.1 Å². The van der Waals surface area contributed by atoms with Crippen LogP contribution in [0.15, 0.2) is 23.7 Å². The Bertz CT molecular complexity index is 552. The van der Waals surface area contributed by atoms with Crippen molar-refractivity contribution in [2.24, 2.45) is 0 Å². The summed E-state index contributed by atoms with van der Waals surface area (Å²) in [5.74, 6) is 2.31. The molecule has 0 aromatic heterocycles. The van der Waals surface area contributed by atoms with Crippen molar-refractivity contribution in [3.8, 4) is 12.3 Å². The Morgan fingerprint density at radius 3 is 2.71 bits per heavy atom. The molecule has 24 heavy (non-hydrogen) atoms. The third kappa shape index (κ3) is 3.79. The number of terminal acetylenes is 1. The van der Waals surface area contributed by atoms with Gasteiger partial charge in [0.2, 0.25) is 0 Å². The Morgan fingerprint density at radius 1 is 1.50 bits per heavy atom. The first kappa shape index (κ1) is 18.9. The van der Waals surface area contributed by atoms with Gasteiger partial charge in [-0.2, -0.15) is 0 Å². The predicted octanol–water partition coefficient (Wildman–Crippen LogP) is 3.12. The van der Waals surface area contributed by atoms with Crippen LogP contribution in [0.3, 0.4) is 0 Å². The van der Waals surface area contributed by atoms with E-state index >= 15 is 0 Å². The molecule has 2 heterocycles. The molecule has 0 spiro atoms. The van der Waals surface area contributed by atoms with E-state index in [2.05, 4.69) is 16.1 Å². The number of nitrogens with zero attached hydrogens (tertiary/aromatic N) is 2. The molecule has 1 fully saturated rings. The zero-order valence-corrected chi connectivity index (χ0v) is 14.5. The summed E-state index contributed by atoms with van der Waals surface area (Å²) in [6.45, 7) is 4.19. The molecule has 134 valence electrons. The van der Waals surface area contributed by atoms with E-state index in [-0.39, 0.29) is 6.04 Å². The van der Waals surface area contributed by atoms with Gasteiger partial charge in [0.15, 0.2) is 0 Å². The Kier molecular flexibility index (Phi) is 6.00. The summed E-state index contributed by atoms with van der Waals surface area (Å²) in [7, 11) is 1.98. The van der Waals surface area contributed by atoms with Gasteiger partial charge in [-0.05, 0) is 51.4 Å². The van der Waals surface area contributed by atoms with Gasteiger partial charge in [-0.3, -0.25) is 10.2 Å². The standard InChI is InChI=1S/C18H26F3N3/c1-5-18(3,6-2)24-12-13(19)10-14(15-8-7-9-23(15)4)17(24)22-11-16(20)21/h1,10,12,15-17,22H,6-9,11H2,2-4H3/t15-,17?,18?/m0/s1. The van der Waals surface area contributed by atoms with E-state index in [0.717, 1.165) is 25.0 Å². The van der Waals surface area contributed by atoms with Crippen molar-refractivity contribution < 1.29 is 13.2 Å². The van der Waals surface area contributed by atoms with E-state index in [1.807, 2.05) is 20.9 Å². The molecule has 0 radical (unpaired) electrons. The normalized spacial score (nSPS) is 27.7. The molecule has 2 aliphatic heterocycles. The molecule has 1 saturated heterocycles. The average molecular weight is 341 g/mol.